The maximum atomic E-state index is 11.5. The Hall–Kier alpha value is -2.88. The Morgan fingerprint density at radius 1 is 1.18 bits per heavy atom. The van der Waals surface area contributed by atoms with E-state index >= 15 is 0 Å². The Balaban J connectivity index is 2.13. The van der Waals surface area contributed by atoms with Gasteiger partial charge in [-0.15, -0.1) is 0 Å². The number of rotatable bonds is 6. The van der Waals surface area contributed by atoms with E-state index in [1.165, 1.54) is 19.2 Å². The van der Waals surface area contributed by atoms with E-state index in [1.807, 2.05) is 0 Å². The number of ether oxygens (including phenoxy) is 1. The normalized spacial score (nSPS) is 11.4. The van der Waals surface area contributed by atoms with Crippen LogP contribution in [0.1, 0.15) is 5.69 Å². The van der Waals surface area contributed by atoms with E-state index in [-0.39, 0.29) is 11.3 Å². The summed E-state index contributed by atoms with van der Waals surface area (Å²) in [6.45, 7) is 0. The van der Waals surface area contributed by atoms with Crippen molar-refractivity contribution in [1.82, 2.24) is 9.78 Å². The lowest BCUT2D eigenvalue weighted by Crippen LogP contribution is -2.14. The molecular weight excluding hydrogens is 404 g/mol. The summed E-state index contributed by atoms with van der Waals surface area (Å²) in [5, 5.41) is 9.97. The molecule has 8 nitrogen and oxygen atoms in total. The molecular formula is C18H17ClN4O4S. The van der Waals surface area contributed by atoms with E-state index in [2.05, 4.69) is 5.10 Å². The van der Waals surface area contributed by atoms with Gasteiger partial charge < -0.3 is 10.5 Å². The second-order valence-corrected chi connectivity index (χ2v) is 7.93. The second kappa shape index (κ2) is 7.63. The molecule has 3 rings (SSSR count). The van der Waals surface area contributed by atoms with Gasteiger partial charge in [-0.1, -0.05) is 11.6 Å². The van der Waals surface area contributed by atoms with E-state index in [1.54, 1.807) is 41.1 Å². The van der Waals surface area contributed by atoms with Crippen LogP contribution in [0.2, 0.25) is 5.02 Å². The molecule has 3 aromatic rings. The molecule has 0 bridgehead atoms. The zero-order valence-corrected chi connectivity index (χ0v) is 16.4. The van der Waals surface area contributed by atoms with Gasteiger partial charge in [0.15, 0.2) is 0 Å². The second-order valence-electron chi connectivity index (χ2n) is 5.96. The first kappa shape index (κ1) is 19.9. The third-order valence-corrected chi connectivity index (χ3v) is 5.20. The lowest BCUT2D eigenvalue weighted by atomic mass is 10.1. The van der Waals surface area contributed by atoms with Gasteiger partial charge in [0.25, 0.3) is 0 Å². The quantitative estimate of drug-likeness (QED) is 0.628. The molecule has 0 atom stereocenters. The largest absolute Gasteiger partial charge is 0.495 e. The van der Waals surface area contributed by atoms with Crippen molar-refractivity contribution in [3.8, 4) is 22.7 Å². The minimum Gasteiger partial charge on any atom is -0.495 e. The van der Waals surface area contributed by atoms with Crippen molar-refractivity contribution in [2.75, 3.05) is 7.11 Å². The predicted molar refractivity (Wildman–Crippen MR) is 105 cm³/mol. The molecule has 0 saturated heterocycles. The van der Waals surface area contributed by atoms with Crippen LogP contribution >= 0.6 is 11.6 Å². The molecule has 2 aromatic carbocycles. The molecule has 0 saturated carbocycles. The number of primary amides is 1. The minimum atomic E-state index is -3.81. The third kappa shape index (κ3) is 4.16. The average Bonchev–Trinajstić information content (AvgIpc) is 3.04. The van der Waals surface area contributed by atoms with Gasteiger partial charge in [0.05, 0.1) is 40.5 Å². The number of halogens is 1. The zero-order chi connectivity index (χ0) is 20.5. The van der Waals surface area contributed by atoms with Gasteiger partial charge in [-0.05, 0) is 48.5 Å². The van der Waals surface area contributed by atoms with Gasteiger partial charge in [0.1, 0.15) is 5.75 Å². The maximum absolute atomic E-state index is 11.5. The van der Waals surface area contributed by atoms with Gasteiger partial charge in [-0.3, -0.25) is 4.79 Å². The summed E-state index contributed by atoms with van der Waals surface area (Å²) >= 11 is 6.23. The van der Waals surface area contributed by atoms with Gasteiger partial charge in [0.2, 0.25) is 15.9 Å². The predicted octanol–water partition coefficient (Wildman–Crippen LogP) is 1.88. The molecule has 28 heavy (non-hydrogen) atoms. The van der Waals surface area contributed by atoms with Crippen molar-refractivity contribution in [3.05, 3.63) is 59.2 Å². The molecule has 0 aliphatic heterocycles. The molecule has 146 valence electrons. The van der Waals surface area contributed by atoms with Gasteiger partial charge in [-0.25, -0.2) is 18.2 Å². The number of benzene rings is 2. The average molecular weight is 421 g/mol. The summed E-state index contributed by atoms with van der Waals surface area (Å²) in [5.74, 6) is -0.000108. The lowest BCUT2D eigenvalue weighted by molar-refractivity contribution is -0.117. The van der Waals surface area contributed by atoms with E-state index in [9.17, 15) is 13.2 Å². The Bertz CT molecular complexity index is 1140. The summed E-state index contributed by atoms with van der Waals surface area (Å²) in [5.41, 5.74) is 7.69. The highest BCUT2D eigenvalue weighted by Crippen LogP contribution is 2.32. The van der Waals surface area contributed by atoms with Gasteiger partial charge in [-0.2, -0.15) is 5.10 Å². The van der Waals surface area contributed by atoms with Crippen LogP contribution in [-0.4, -0.2) is 31.2 Å². The Labute approximate surface area is 166 Å². The maximum Gasteiger partial charge on any atom is 0.238 e. The molecule has 0 aliphatic carbocycles. The number of hydrogen-bond acceptors (Lipinski definition) is 5. The molecule has 1 aromatic heterocycles. The third-order valence-electron chi connectivity index (χ3n) is 3.97. The van der Waals surface area contributed by atoms with Crippen LogP contribution in [-0.2, 0) is 21.2 Å². The van der Waals surface area contributed by atoms with E-state index in [0.717, 1.165) is 5.56 Å². The van der Waals surface area contributed by atoms with Crippen molar-refractivity contribution in [1.29, 1.82) is 0 Å². The van der Waals surface area contributed by atoms with Gasteiger partial charge in [0, 0.05) is 5.56 Å². The number of aromatic nitrogens is 2. The van der Waals surface area contributed by atoms with Crippen LogP contribution in [0.3, 0.4) is 0 Å². The lowest BCUT2D eigenvalue weighted by Gasteiger charge is -2.10. The van der Waals surface area contributed by atoms with Crippen LogP contribution in [0.5, 0.6) is 5.75 Å². The fraction of sp³-hybridized carbons (Fsp3) is 0.111. The van der Waals surface area contributed by atoms with E-state index in [0.29, 0.717) is 27.8 Å². The van der Waals surface area contributed by atoms with Crippen molar-refractivity contribution < 1.29 is 17.9 Å². The highest BCUT2D eigenvalue weighted by molar-refractivity contribution is 7.89. The number of primary sulfonamides is 1. The molecule has 0 radical (unpaired) electrons. The summed E-state index contributed by atoms with van der Waals surface area (Å²) in [7, 11) is -2.29. The van der Waals surface area contributed by atoms with Crippen LogP contribution < -0.4 is 15.6 Å². The topological polar surface area (TPSA) is 130 Å². The molecule has 0 unspecified atom stereocenters. The molecule has 0 spiro atoms. The highest BCUT2D eigenvalue weighted by Gasteiger charge is 2.16. The molecule has 0 aliphatic rings. The highest BCUT2D eigenvalue weighted by atomic mass is 35.5. The Morgan fingerprint density at radius 3 is 2.39 bits per heavy atom. The summed E-state index contributed by atoms with van der Waals surface area (Å²) in [6, 6.07) is 12.8. The molecule has 4 N–H and O–H groups in total. The summed E-state index contributed by atoms with van der Waals surface area (Å²) < 4.78 is 29.7. The molecule has 1 amide bonds. The number of sulfonamides is 1. The van der Waals surface area contributed by atoms with Crippen LogP contribution in [0.15, 0.2) is 53.4 Å². The van der Waals surface area contributed by atoms with Crippen LogP contribution in [0.25, 0.3) is 16.9 Å². The van der Waals surface area contributed by atoms with Crippen molar-refractivity contribution >= 4 is 27.5 Å². The van der Waals surface area contributed by atoms with Crippen molar-refractivity contribution in [3.63, 3.8) is 0 Å². The number of nitrogens with zero attached hydrogens (tertiary/aromatic N) is 2. The van der Waals surface area contributed by atoms with E-state index < -0.39 is 15.9 Å². The van der Waals surface area contributed by atoms with Crippen molar-refractivity contribution in [2.45, 2.75) is 11.3 Å². The van der Waals surface area contributed by atoms with Gasteiger partial charge >= 0.3 is 0 Å². The standard InChI is InChI=1S/C18H17ClN4O4S/c1-27-17-7-2-11(8-15(17)19)16-9-12(10-18(20)24)22-23(16)13-3-5-14(6-4-13)28(21,25)26/h2-9H,10H2,1H3,(H2,20,24)(H2,21,25,26). The zero-order valence-electron chi connectivity index (χ0n) is 14.8. The first-order valence-corrected chi connectivity index (χ1v) is 9.96. The fourth-order valence-electron chi connectivity index (χ4n) is 2.70. The molecule has 1 heterocycles. The van der Waals surface area contributed by atoms with E-state index in [4.69, 9.17) is 27.2 Å². The molecule has 0 fully saturated rings. The number of carbonyl (C=O) groups excluding carboxylic acids is 1. The van der Waals surface area contributed by atoms with Crippen molar-refractivity contribution in [2.24, 2.45) is 10.9 Å². The first-order valence-electron chi connectivity index (χ1n) is 8.03. The Morgan fingerprint density at radius 2 is 1.86 bits per heavy atom. The smallest absolute Gasteiger partial charge is 0.238 e. The number of amides is 1. The summed E-state index contributed by atoms with van der Waals surface area (Å²) in [4.78, 5) is 11.3. The number of carbonyl (C=O) groups is 1. The monoisotopic (exact) mass is 420 g/mol. The SMILES string of the molecule is COc1ccc(-c2cc(CC(N)=O)nn2-c2ccc(S(N)(=O)=O)cc2)cc1Cl. The number of hydrogen-bond donors (Lipinski definition) is 2. The number of nitrogens with two attached hydrogens (primary N) is 2. The summed E-state index contributed by atoms with van der Waals surface area (Å²) in [6.07, 6.45) is -0.0425. The fourth-order valence-corrected chi connectivity index (χ4v) is 3.47. The Kier molecular flexibility index (Phi) is 5.41. The molecule has 10 heteroatoms. The van der Waals surface area contributed by atoms with Crippen LogP contribution in [0.4, 0.5) is 0 Å². The minimum absolute atomic E-state index is 0.0187. The first-order chi connectivity index (χ1) is 13.2. The number of methoxy groups -OCH3 is 1. The van der Waals surface area contributed by atoms with Crippen LogP contribution in [0, 0.1) is 0 Å².